The van der Waals surface area contributed by atoms with E-state index >= 15 is 0 Å². The second kappa shape index (κ2) is 16.5. The number of nitrogens with zero attached hydrogens (tertiary/aromatic N) is 2. The molecule has 1 aromatic heterocycles. The minimum Gasteiger partial charge on any atom is -0.497 e. The lowest BCUT2D eigenvalue weighted by molar-refractivity contribution is -0.159. The summed E-state index contributed by atoms with van der Waals surface area (Å²) in [6.45, 7) is 14.8. The third-order valence-electron chi connectivity index (χ3n) is 10.4. The topological polar surface area (TPSA) is 175 Å². The van der Waals surface area contributed by atoms with Crippen LogP contribution in [0.5, 0.6) is 11.6 Å². The molecule has 3 fully saturated rings. The van der Waals surface area contributed by atoms with E-state index in [0.717, 1.165) is 5.39 Å². The summed E-state index contributed by atoms with van der Waals surface area (Å²) in [7, 11) is -2.32. The maximum Gasteiger partial charge on any atom is 0.307 e. The molecule has 2 saturated carbocycles. The number of ketones is 2. The van der Waals surface area contributed by atoms with E-state index in [9.17, 15) is 32.4 Å². The molecular formula is C42H55N3O10S. The second-order valence-corrected chi connectivity index (χ2v) is 19.4. The number of benzene rings is 1. The molecule has 1 N–H and O–H groups in total. The Bertz CT molecular complexity index is 2010. The SMILES string of the molecule is C=C[C@@H]1C[C@]1(CC(=O)[C@@H]1C[C@@H](Oc2nccc3cc(OC)ccc23)CN1C(=O)[C@H](CCC(=O)/C=C\C(C)(C)C)CC(=O)OC(C)(C)C)C(=O)NS(=O)(=O)C1CC1. The van der Waals surface area contributed by atoms with Gasteiger partial charge in [0.25, 0.3) is 0 Å². The van der Waals surface area contributed by atoms with Crippen molar-refractivity contribution in [3.05, 3.63) is 55.3 Å². The average molecular weight is 794 g/mol. The largest absolute Gasteiger partial charge is 0.497 e. The highest BCUT2D eigenvalue weighted by Gasteiger charge is 2.61. The second-order valence-electron chi connectivity index (χ2n) is 17.4. The quantitative estimate of drug-likeness (QED) is 0.119. The van der Waals surface area contributed by atoms with Gasteiger partial charge in [-0.2, -0.15) is 0 Å². The van der Waals surface area contributed by atoms with Gasteiger partial charge in [-0.25, -0.2) is 13.4 Å². The predicted octanol–water partition coefficient (Wildman–Crippen LogP) is 5.65. The molecular weight excluding hydrogens is 739 g/mol. The number of sulfonamides is 1. The Morgan fingerprint density at radius 1 is 1.09 bits per heavy atom. The van der Waals surface area contributed by atoms with Crippen molar-refractivity contribution in [1.29, 1.82) is 0 Å². The molecule has 14 heteroatoms. The van der Waals surface area contributed by atoms with Crippen molar-refractivity contribution < 1.29 is 46.6 Å². The van der Waals surface area contributed by atoms with E-state index in [2.05, 4.69) is 16.3 Å². The lowest BCUT2D eigenvalue weighted by Crippen LogP contribution is -2.46. The van der Waals surface area contributed by atoms with Crippen molar-refractivity contribution in [2.45, 2.75) is 116 Å². The minimum absolute atomic E-state index is 0.0188. The summed E-state index contributed by atoms with van der Waals surface area (Å²) < 4.78 is 45.1. The molecule has 0 spiro atoms. The Hall–Kier alpha value is -4.59. The van der Waals surface area contributed by atoms with Gasteiger partial charge in [-0.1, -0.05) is 32.9 Å². The number of fused-ring (bicyclic) bond motifs is 1. The zero-order valence-corrected chi connectivity index (χ0v) is 34.3. The first-order valence-corrected chi connectivity index (χ1v) is 20.7. The monoisotopic (exact) mass is 793 g/mol. The van der Waals surface area contributed by atoms with Crippen molar-refractivity contribution in [1.82, 2.24) is 14.6 Å². The number of likely N-dealkylation sites (tertiary alicyclic amines) is 1. The molecule has 2 aliphatic carbocycles. The predicted molar refractivity (Wildman–Crippen MR) is 210 cm³/mol. The van der Waals surface area contributed by atoms with E-state index in [-0.39, 0.29) is 62.1 Å². The van der Waals surface area contributed by atoms with Crippen molar-refractivity contribution >= 4 is 50.1 Å². The Kier molecular flexibility index (Phi) is 12.5. The Morgan fingerprint density at radius 2 is 1.80 bits per heavy atom. The van der Waals surface area contributed by atoms with Gasteiger partial charge >= 0.3 is 5.97 Å². The summed E-state index contributed by atoms with van der Waals surface area (Å²) in [5.74, 6) is -3.12. The van der Waals surface area contributed by atoms with Crippen LogP contribution in [0.15, 0.2) is 55.3 Å². The Morgan fingerprint density at radius 3 is 2.41 bits per heavy atom. The molecule has 2 heterocycles. The first-order chi connectivity index (χ1) is 26.1. The number of carbonyl (C=O) groups is 5. The number of carbonyl (C=O) groups excluding carboxylic acids is 5. The summed E-state index contributed by atoms with van der Waals surface area (Å²) in [5.41, 5.74) is -2.41. The fraction of sp³-hybridized carbons (Fsp3) is 0.571. The first-order valence-electron chi connectivity index (χ1n) is 19.2. The first kappa shape index (κ1) is 42.6. The number of amides is 2. The molecule has 1 aliphatic heterocycles. The van der Waals surface area contributed by atoms with E-state index in [0.29, 0.717) is 24.0 Å². The number of nitrogens with one attached hydrogen (secondary N) is 1. The van der Waals surface area contributed by atoms with Gasteiger partial charge < -0.3 is 19.1 Å². The van der Waals surface area contributed by atoms with Crippen molar-refractivity contribution in [3.8, 4) is 11.6 Å². The van der Waals surface area contributed by atoms with Gasteiger partial charge in [-0.05, 0) is 93.5 Å². The molecule has 3 aliphatic rings. The normalized spacial score (nSPS) is 23.1. The number of rotatable bonds is 17. The van der Waals surface area contributed by atoms with Crippen LogP contribution in [-0.4, -0.2) is 84.3 Å². The van der Waals surface area contributed by atoms with Crippen LogP contribution in [0.4, 0.5) is 0 Å². The zero-order chi connectivity index (χ0) is 41.2. The van der Waals surface area contributed by atoms with Crippen LogP contribution in [0.2, 0.25) is 0 Å². The number of esters is 1. The molecule has 1 saturated heterocycles. The van der Waals surface area contributed by atoms with E-state index in [1.807, 2.05) is 26.8 Å². The van der Waals surface area contributed by atoms with Gasteiger partial charge in [0, 0.05) is 36.8 Å². The number of Topliss-reactive ketones (excluding diaryl/α,β-unsaturated/α-hetero) is 1. The molecule has 56 heavy (non-hydrogen) atoms. The van der Waals surface area contributed by atoms with Gasteiger partial charge in [-0.15, -0.1) is 6.58 Å². The van der Waals surface area contributed by atoms with Crippen LogP contribution >= 0.6 is 0 Å². The number of hydrogen-bond acceptors (Lipinski definition) is 11. The van der Waals surface area contributed by atoms with Crippen LogP contribution in [0.3, 0.4) is 0 Å². The van der Waals surface area contributed by atoms with Crippen molar-refractivity contribution in [3.63, 3.8) is 0 Å². The number of hydrogen-bond donors (Lipinski definition) is 1. The molecule has 1 aromatic carbocycles. The third kappa shape index (κ3) is 10.6. The molecule has 0 bridgehead atoms. The van der Waals surface area contributed by atoms with Crippen LogP contribution in [0.1, 0.15) is 92.9 Å². The molecule has 0 unspecified atom stereocenters. The smallest absolute Gasteiger partial charge is 0.307 e. The number of aromatic nitrogens is 1. The average Bonchev–Trinajstić information content (AvgIpc) is 4.04. The number of methoxy groups -OCH3 is 1. The fourth-order valence-electron chi connectivity index (χ4n) is 7.12. The summed E-state index contributed by atoms with van der Waals surface area (Å²) in [4.78, 5) is 74.7. The molecule has 0 radical (unpaired) electrons. The summed E-state index contributed by atoms with van der Waals surface area (Å²) in [6.07, 6.45) is 6.19. The third-order valence-corrected chi connectivity index (χ3v) is 12.2. The highest BCUT2D eigenvalue weighted by atomic mass is 32.2. The van der Waals surface area contributed by atoms with Gasteiger partial charge in [-0.3, -0.25) is 28.7 Å². The van der Waals surface area contributed by atoms with Gasteiger partial charge in [0.1, 0.15) is 17.5 Å². The summed E-state index contributed by atoms with van der Waals surface area (Å²) >= 11 is 0. The van der Waals surface area contributed by atoms with E-state index in [4.69, 9.17) is 14.2 Å². The van der Waals surface area contributed by atoms with E-state index in [1.54, 1.807) is 64.4 Å². The molecule has 2 aromatic rings. The van der Waals surface area contributed by atoms with E-state index in [1.165, 1.54) is 11.0 Å². The highest BCUT2D eigenvalue weighted by molar-refractivity contribution is 7.90. The molecule has 5 rings (SSSR count). The molecule has 5 atom stereocenters. The minimum atomic E-state index is -3.89. The van der Waals surface area contributed by atoms with Gasteiger partial charge in [0.05, 0.1) is 36.8 Å². The van der Waals surface area contributed by atoms with Crippen LogP contribution in [0, 0.1) is 22.7 Å². The van der Waals surface area contributed by atoms with Gasteiger partial charge in [0.2, 0.25) is 27.7 Å². The maximum atomic E-state index is 14.7. The van der Waals surface area contributed by atoms with Crippen LogP contribution in [-0.2, 0) is 38.7 Å². The van der Waals surface area contributed by atoms with E-state index < -0.39 is 73.8 Å². The molecule has 304 valence electrons. The van der Waals surface area contributed by atoms with Crippen molar-refractivity contribution in [2.75, 3.05) is 13.7 Å². The number of ether oxygens (including phenoxy) is 3. The van der Waals surface area contributed by atoms with Crippen LogP contribution in [0.25, 0.3) is 10.8 Å². The highest BCUT2D eigenvalue weighted by Crippen LogP contribution is 2.57. The number of allylic oxidation sites excluding steroid dienone is 3. The lowest BCUT2D eigenvalue weighted by atomic mass is 9.90. The summed E-state index contributed by atoms with van der Waals surface area (Å²) in [6, 6.07) is 6.13. The fourth-order valence-corrected chi connectivity index (χ4v) is 8.51. The zero-order valence-electron chi connectivity index (χ0n) is 33.5. The standard InChI is InChI=1S/C42H55N3O10S/c1-9-28-23-42(28,39(50)44-56(51,52)32-13-14-32)24-35(47)34-22-31(54-37-33-15-12-30(53-8)20-26(33)17-19-43-37)25-45(34)38(49)27(21-36(48)55-41(5,6)7)10-11-29(46)16-18-40(2,3)4/h9,12,15-20,27-28,31-32,34H,1,10-11,13-14,21-25H2,2-8H3,(H,44,50)/b18-16-/t27-,28-,31-,34+,42-/m1/s1. The maximum absolute atomic E-state index is 14.7. The Labute approximate surface area is 329 Å². The molecule has 2 amide bonds. The Balaban J connectivity index is 1.45. The van der Waals surface area contributed by atoms with Crippen LogP contribution < -0.4 is 14.2 Å². The summed E-state index contributed by atoms with van der Waals surface area (Å²) in [5, 5.41) is 0.848. The van der Waals surface area contributed by atoms with Gasteiger partial charge in [0.15, 0.2) is 11.6 Å². The lowest BCUT2D eigenvalue weighted by Gasteiger charge is -2.29. The molecule has 13 nitrogen and oxygen atoms in total. The van der Waals surface area contributed by atoms with Crippen molar-refractivity contribution in [2.24, 2.45) is 22.7 Å². The number of pyridine rings is 1.